The van der Waals surface area contributed by atoms with Crippen LogP contribution in [0.5, 0.6) is 5.75 Å². The molecule has 1 aromatic heterocycles. The van der Waals surface area contributed by atoms with Crippen molar-refractivity contribution in [3.63, 3.8) is 0 Å². The van der Waals surface area contributed by atoms with Crippen LogP contribution in [0.3, 0.4) is 0 Å². The van der Waals surface area contributed by atoms with Gasteiger partial charge in [0, 0.05) is 30.9 Å². The molecule has 3 aromatic rings. The molecule has 6 nitrogen and oxygen atoms in total. The van der Waals surface area contributed by atoms with E-state index in [2.05, 4.69) is 15.0 Å². The molecule has 0 saturated heterocycles. The van der Waals surface area contributed by atoms with Gasteiger partial charge in [0.05, 0.1) is 17.2 Å². The Bertz CT molecular complexity index is 1070. The summed E-state index contributed by atoms with van der Waals surface area (Å²) in [7, 11) is -1.44. The second-order valence-corrected chi connectivity index (χ2v) is 8.03. The third kappa shape index (κ3) is 4.46. The second kappa shape index (κ2) is 8.45. The molecule has 4 rings (SSSR count). The van der Waals surface area contributed by atoms with E-state index < -0.39 is 11.0 Å². The molecular formula is C22H21N3O3S. The van der Waals surface area contributed by atoms with Gasteiger partial charge in [-0.05, 0) is 60.0 Å². The van der Waals surface area contributed by atoms with Crippen LogP contribution in [-0.4, -0.2) is 21.7 Å². The number of carbonyl (C=O) groups excluding carboxylic acids is 1. The number of aryl methyl sites for hydroxylation is 1. The minimum Gasteiger partial charge on any atom is -0.493 e. The fraction of sp³-hybridized carbons (Fsp3) is 0.182. The predicted octanol–water partition coefficient (Wildman–Crippen LogP) is 3.39. The van der Waals surface area contributed by atoms with E-state index in [0.717, 1.165) is 28.9 Å². The van der Waals surface area contributed by atoms with Gasteiger partial charge in [-0.2, -0.15) is 0 Å². The SMILES string of the molecule is Cc1ccc(C(=O)NCc2cccnc2)cc1NS(=O)c1ccc2c(c1)CCO2. The fourth-order valence-electron chi connectivity index (χ4n) is 3.10. The van der Waals surface area contributed by atoms with E-state index in [1.54, 1.807) is 30.6 Å². The number of hydrogen-bond donors (Lipinski definition) is 2. The molecular weight excluding hydrogens is 386 g/mol. The number of nitrogens with one attached hydrogen (secondary N) is 2. The van der Waals surface area contributed by atoms with Crippen molar-refractivity contribution in [3.05, 3.63) is 83.2 Å². The number of aromatic nitrogens is 1. The number of anilines is 1. The molecule has 1 unspecified atom stereocenters. The standard InChI is InChI=1S/C22H21N3O3S/c1-15-4-5-18(22(26)24-14-16-3-2-9-23-13-16)12-20(15)25-29(27)19-6-7-21-17(11-19)8-10-28-21/h2-7,9,11-13,25H,8,10,14H2,1H3,(H,24,26). The molecule has 2 heterocycles. The molecule has 0 bridgehead atoms. The maximum Gasteiger partial charge on any atom is 0.251 e. The van der Waals surface area contributed by atoms with Gasteiger partial charge in [0.25, 0.3) is 5.91 Å². The van der Waals surface area contributed by atoms with E-state index in [9.17, 15) is 9.00 Å². The van der Waals surface area contributed by atoms with Crippen LogP contribution >= 0.6 is 0 Å². The Morgan fingerprint density at radius 2 is 2.10 bits per heavy atom. The molecule has 148 valence electrons. The number of hydrogen-bond acceptors (Lipinski definition) is 4. The fourth-order valence-corrected chi connectivity index (χ4v) is 4.08. The number of pyridine rings is 1. The van der Waals surface area contributed by atoms with E-state index >= 15 is 0 Å². The van der Waals surface area contributed by atoms with Crippen LogP contribution in [0.15, 0.2) is 65.8 Å². The maximum absolute atomic E-state index is 12.8. The molecule has 1 aliphatic rings. The van der Waals surface area contributed by atoms with Gasteiger partial charge in [0.2, 0.25) is 0 Å². The average molecular weight is 407 g/mol. The van der Waals surface area contributed by atoms with Crippen molar-refractivity contribution in [1.82, 2.24) is 10.3 Å². The Balaban J connectivity index is 1.46. The van der Waals surface area contributed by atoms with Gasteiger partial charge >= 0.3 is 0 Å². The van der Waals surface area contributed by atoms with Crippen molar-refractivity contribution in [1.29, 1.82) is 0 Å². The molecule has 1 amide bonds. The molecule has 2 N–H and O–H groups in total. The van der Waals surface area contributed by atoms with Gasteiger partial charge in [-0.25, -0.2) is 4.21 Å². The summed E-state index contributed by atoms with van der Waals surface area (Å²) < 4.78 is 21.3. The molecule has 0 aliphatic carbocycles. The summed E-state index contributed by atoms with van der Waals surface area (Å²) >= 11 is 0. The van der Waals surface area contributed by atoms with Crippen molar-refractivity contribution >= 4 is 22.6 Å². The predicted molar refractivity (Wildman–Crippen MR) is 112 cm³/mol. The summed E-state index contributed by atoms with van der Waals surface area (Å²) in [6.07, 6.45) is 4.23. The topological polar surface area (TPSA) is 80.3 Å². The van der Waals surface area contributed by atoms with E-state index in [-0.39, 0.29) is 5.91 Å². The summed E-state index contributed by atoms with van der Waals surface area (Å²) in [5.41, 5.74) is 4.06. The zero-order chi connectivity index (χ0) is 20.2. The normalized spacial score (nSPS) is 13.3. The van der Waals surface area contributed by atoms with Gasteiger partial charge in [0.15, 0.2) is 0 Å². The number of ether oxygens (including phenoxy) is 1. The molecule has 0 saturated carbocycles. The number of carbonyl (C=O) groups is 1. The molecule has 0 radical (unpaired) electrons. The first-order valence-electron chi connectivity index (χ1n) is 9.32. The van der Waals surface area contributed by atoms with Gasteiger partial charge in [-0.15, -0.1) is 0 Å². The van der Waals surface area contributed by atoms with Crippen LogP contribution in [0.1, 0.15) is 27.0 Å². The highest BCUT2D eigenvalue weighted by Crippen LogP contribution is 2.28. The lowest BCUT2D eigenvalue weighted by Crippen LogP contribution is -2.23. The third-order valence-electron chi connectivity index (χ3n) is 4.75. The van der Waals surface area contributed by atoms with E-state index in [1.807, 2.05) is 37.3 Å². The molecule has 2 aromatic carbocycles. The van der Waals surface area contributed by atoms with Crippen LogP contribution in [0.4, 0.5) is 5.69 Å². The summed E-state index contributed by atoms with van der Waals surface area (Å²) in [5, 5.41) is 2.88. The van der Waals surface area contributed by atoms with Gasteiger partial charge < -0.3 is 14.8 Å². The lowest BCUT2D eigenvalue weighted by Gasteiger charge is -2.12. The minimum atomic E-state index is -1.44. The molecule has 0 fully saturated rings. The van der Waals surface area contributed by atoms with Crippen LogP contribution < -0.4 is 14.8 Å². The Morgan fingerprint density at radius 1 is 1.21 bits per heavy atom. The molecule has 0 spiro atoms. The van der Waals surface area contributed by atoms with Crippen LogP contribution in [-0.2, 0) is 24.0 Å². The highest BCUT2D eigenvalue weighted by Gasteiger charge is 2.15. The Hall–Kier alpha value is -3.19. The quantitative estimate of drug-likeness (QED) is 0.656. The monoisotopic (exact) mass is 407 g/mol. The summed E-state index contributed by atoms with van der Waals surface area (Å²) in [4.78, 5) is 17.2. The van der Waals surface area contributed by atoms with Crippen LogP contribution in [0, 0.1) is 6.92 Å². The summed E-state index contributed by atoms with van der Waals surface area (Å²) in [5.74, 6) is 0.659. The zero-order valence-corrected chi connectivity index (χ0v) is 16.8. The smallest absolute Gasteiger partial charge is 0.251 e. The minimum absolute atomic E-state index is 0.197. The van der Waals surface area contributed by atoms with Crippen molar-refractivity contribution in [2.45, 2.75) is 24.8 Å². The second-order valence-electron chi connectivity index (χ2n) is 6.81. The Kier molecular flexibility index (Phi) is 5.57. The number of benzene rings is 2. The van der Waals surface area contributed by atoms with E-state index in [1.165, 1.54) is 0 Å². The van der Waals surface area contributed by atoms with Crippen LogP contribution in [0.25, 0.3) is 0 Å². The van der Waals surface area contributed by atoms with E-state index in [0.29, 0.717) is 29.3 Å². The number of amides is 1. The number of fused-ring (bicyclic) bond motifs is 1. The highest BCUT2D eigenvalue weighted by atomic mass is 32.2. The van der Waals surface area contributed by atoms with Crippen molar-refractivity contribution in [2.24, 2.45) is 0 Å². The molecule has 1 atom stereocenters. The maximum atomic E-state index is 12.8. The van der Waals surface area contributed by atoms with Gasteiger partial charge in [-0.3, -0.25) is 9.78 Å². The largest absolute Gasteiger partial charge is 0.493 e. The van der Waals surface area contributed by atoms with Gasteiger partial charge in [-0.1, -0.05) is 12.1 Å². The highest BCUT2D eigenvalue weighted by molar-refractivity contribution is 7.86. The number of rotatable bonds is 6. The first kappa shape index (κ1) is 19.1. The summed E-state index contributed by atoms with van der Waals surface area (Å²) in [6, 6.07) is 14.6. The first-order chi connectivity index (χ1) is 14.1. The zero-order valence-electron chi connectivity index (χ0n) is 16.0. The molecule has 7 heteroatoms. The Labute approximate surface area is 171 Å². The van der Waals surface area contributed by atoms with Crippen molar-refractivity contribution in [2.75, 3.05) is 11.3 Å². The van der Waals surface area contributed by atoms with Crippen molar-refractivity contribution in [3.8, 4) is 5.75 Å². The van der Waals surface area contributed by atoms with Crippen LogP contribution in [0.2, 0.25) is 0 Å². The number of nitrogens with zero attached hydrogens (tertiary/aromatic N) is 1. The first-order valence-corrected chi connectivity index (χ1v) is 10.5. The lowest BCUT2D eigenvalue weighted by molar-refractivity contribution is 0.0951. The van der Waals surface area contributed by atoms with E-state index in [4.69, 9.17) is 4.74 Å². The third-order valence-corrected chi connectivity index (χ3v) is 5.84. The molecule has 1 aliphatic heterocycles. The Morgan fingerprint density at radius 3 is 2.93 bits per heavy atom. The average Bonchev–Trinajstić information content (AvgIpc) is 3.22. The van der Waals surface area contributed by atoms with Crippen molar-refractivity contribution < 1.29 is 13.7 Å². The lowest BCUT2D eigenvalue weighted by atomic mass is 10.1. The molecule has 29 heavy (non-hydrogen) atoms. The summed E-state index contributed by atoms with van der Waals surface area (Å²) in [6.45, 7) is 2.97. The van der Waals surface area contributed by atoms with Gasteiger partial charge in [0.1, 0.15) is 16.7 Å².